The van der Waals surface area contributed by atoms with E-state index in [1.165, 1.54) is 36.4 Å². The molecule has 0 heterocycles. The second kappa shape index (κ2) is 10.1. The number of aryl methyl sites for hydroxylation is 1. The average Bonchev–Trinajstić information content (AvgIpc) is 2.86. The highest BCUT2D eigenvalue weighted by atomic mass is 35.5. The van der Waals surface area contributed by atoms with Crippen LogP contribution in [-0.2, 0) is 10.0 Å². The smallest absolute Gasteiger partial charge is 0.261 e. The molecule has 0 bridgehead atoms. The Morgan fingerprint density at radius 1 is 0.743 bits per heavy atom. The maximum absolute atomic E-state index is 13.2. The predicted molar refractivity (Wildman–Crippen MR) is 138 cm³/mol. The van der Waals surface area contributed by atoms with Crippen LogP contribution in [0.1, 0.15) is 31.8 Å². The van der Waals surface area contributed by atoms with Crippen molar-refractivity contribution in [2.45, 2.75) is 11.8 Å². The molecule has 6 nitrogen and oxygen atoms in total. The van der Waals surface area contributed by atoms with Gasteiger partial charge in [-0.25, -0.2) is 8.42 Å². The molecule has 1 amide bonds. The molecule has 4 rings (SSSR count). The summed E-state index contributed by atoms with van der Waals surface area (Å²) in [5.74, 6) is -0.659. The van der Waals surface area contributed by atoms with Gasteiger partial charge in [0, 0.05) is 27.4 Å². The predicted octanol–water partition coefficient (Wildman–Crippen LogP) is 5.93. The van der Waals surface area contributed by atoms with Crippen molar-refractivity contribution < 1.29 is 18.0 Å². The molecule has 0 fully saturated rings. The minimum Gasteiger partial charge on any atom is -0.322 e. The van der Waals surface area contributed by atoms with Crippen molar-refractivity contribution in [1.29, 1.82) is 0 Å². The summed E-state index contributed by atoms with van der Waals surface area (Å²) in [5, 5.41) is 3.10. The van der Waals surface area contributed by atoms with E-state index in [2.05, 4.69) is 10.0 Å². The molecule has 0 saturated heterocycles. The summed E-state index contributed by atoms with van der Waals surface area (Å²) >= 11 is 6.10. The van der Waals surface area contributed by atoms with Crippen LogP contribution >= 0.6 is 11.6 Å². The standard InChI is InChI=1S/C27H21ClN2O4S/c1-18-16-22(13-15-24(18)29-27(32)20-10-6-3-7-11-20)35(33,34)30-25-14-12-21(28)17-23(25)26(31)19-8-4-2-5-9-19/h2-17,30H,1H3,(H,29,32). The monoisotopic (exact) mass is 504 g/mol. The Bertz CT molecular complexity index is 1510. The zero-order valence-electron chi connectivity index (χ0n) is 18.7. The quantitative estimate of drug-likeness (QED) is 0.305. The van der Waals surface area contributed by atoms with Crippen LogP contribution in [0.15, 0.2) is 102 Å². The number of anilines is 2. The molecule has 4 aromatic carbocycles. The third kappa shape index (κ3) is 5.59. The zero-order valence-corrected chi connectivity index (χ0v) is 20.2. The molecule has 0 saturated carbocycles. The molecule has 176 valence electrons. The summed E-state index contributed by atoms with van der Waals surface area (Å²) in [6.07, 6.45) is 0. The number of benzene rings is 4. The third-order valence-electron chi connectivity index (χ3n) is 5.30. The highest BCUT2D eigenvalue weighted by Gasteiger charge is 2.21. The largest absolute Gasteiger partial charge is 0.322 e. The van der Waals surface area contributed by atoms with Crippen LogP contribution < -0.4 is 10.0 Å². The molecule has 0 aliphatic rings. The number of carbonyl (C=O) groups is 2. The van der Waals surface area contributed by atoms with E-state index in [9.17, 15) is 18.0 Å². The van der Waals surface area contributed by atoms with Gasteiger partial charge in [-0.1, -0.05) is 60.1 Å². The second-order valence-electron chi connectivity index (χ2n) is 7.79. The van der Waals surface area contributed by atoms with Crippen molar-refractivity contribution in [3.8, 4) is 0 Å². The minimum absolute atomic E-state index is 0.0132. The Kier molecular flexibility index (Phi) is 7.00. The second-order valence-corrected chi connectivity index (χ2v) is 9.91. The van der Waals surface area contributed by atoms with Crippen LogP contribution in [0.5, 0.6) is 0 Å². The maximum Gasteiger partial charge on any atom is 0.261 e. The van der Waals surface area contributed by atoms with Crippen molar-refractivity contribution in [3.63, 3.8) is 0 Å². The van der Waals surface area contributed by atoms with Crippen LogP contribution in [0.2, 0.25) is 5.02 Å². The SMILES string of the molecule is Cc1cc(S(=O)(=O)Nc2ccc(Cl)cc2C(=O)c2ccccc2)ccc1NC(=O)c1ccccc1. The van der Waals surface area contributed by atoms with Crippen LogP contribution in [0, 0.1) is 6.92 Å². The lowest BCUT2D eigenvalue weighted by Crippen LogP contribution is -2.17. The fourth-order valence-corrected chi connectivity index (χ4v) is 4.81. The summed E-state index contributed by atoms with van der Waals surface area (Å²) in [4.78, 5) is 25.5. The Morgan fingerprint density at radius 3 is 1.97 bits per heavy atom. The molecule has 8 heteroatoms. The van der Waals surface area contributed by atoms with Crippen molar-refractivity contribution in [1.82, 2.24) is 0 Å². The van der Waals surface area contributed by atoms with E-state index in [4.69, 9.17) is 11.6 Å². The normalized spacial score (nSPS) is 11.0. The number of carbonyl (C=O) groups excluding carboxylic acids is 2. The number of sulfonamides is 1. The van der Waals surface area contributed by atoms with Crippen LogP contribution in [0.4, 0.5) is 11.4 Å². The Labute approximate surface area is 208 Å². The maximum atomic E-state index is 13.2. The van der Waals surface area contributed by atoms with Gasteiger partial charge in [0.15, 0.2) is 5.78 Å². The molecule has 2 N–H and O–H groups in total. The highest BCUT2D eigenvalue weighted by molar-refractivity contribution is 7.92. The zero-order chi connectivity index (χ0) is 25.0. The first-order valence-electron chi connectivity index (χ1n) is 10.6. The van der Waals surface area contributed by atoms with Crippen molar-refractivity contribution in [2.75, 3.05) is 10.0 Å². The molecule has 0 spiro atoms. The molecule has 0 atom stereocenters. The summed E-state index contributed by atoms with van der Waals surface area (Å²) < 4.78 is 28.8. The highest BCUT2D eigenvalue weighted by Crippen LogP contribution is 2.27. The van der Waals surface area contributed by atoms with Crippen molar-refractivity contribution in [3.05, 3.63) is 124 Å². The number of rotatable bonds is 7. The first-order valence-corrected chi connectivity index (χ1v) is 12.5. The van der Waals surface area contributed by atoms with E-state index in [1.54, 1.807) is 61.5 Å². The van der Waals surface area contributed by atoms with Gasteiger partial charge < -0.3 is 5.32 Å². The lowest BCUT2D eigenvalue weighted by Gasteiger charge is -2.14. The van der Waals surface area contributed by atoms with E-state index in [-0.39, 0.29) is 27.8 Å². The number of hydrogen-bond donors (Lipinski definition) is 2. The third-order valence-corrected chi connectivity index (χ3v) is 6.90. The molecule has 0 aliphatic carbocycles. The summed E-state index contributed by atoms with van der Waals surface area (Å²) in [5.41, 5.74) is 2.20. The molecule has 0 radical (unpaired) electrons. The topological polar surface area (TPSA) is 92.3 Å². The van der Waals surface area contributed by atoms with Crippen LogP contribution in [0.3, 0.4) is 0 Å². The lowest BCUT2D eigenvalue weighted by molar-refractivity contribution is 0.102. The molecule has 0 unspecified atom stereocenters. The molecular weight excluding hydrogens is 484 g/mol. The van der Waals surface area contributed by atoms with Gasteiger partial charge in [0.05, 0.1) is 10.6 Å². The molecular formula is C27H21ClN2O4S. The molecule has 35 heavy (non-hydrogen) atoms. The Hall–Kier alpha value is -3.94. The summed E-state index contributed by atoms with van der Waals surface area (Å²) in [7, 11) is -4.04. The van der Waals surface area contributed by atoms with Crippen LogP contribution in [-0.4, -0.2) is 20.1 Å². The molecule has 0 aliphatic heterocycles. The lowest BCUT2D eigenvalue weighted by atomic mass is 10.0. The van der Waals surface area contributed by atoms with Crippen molar-refractivity contribution in [2.24, 2.45) is 0 Å². The van der Waals surface area contributed by atoms with E-state index >= 15 is 0 Å². The van der Waals surface area contributed by atoms with Gasteiger partial charge in [-0.05, 0) is 61.0 Å². The number of nitrogens with one attached hydrogen (secondary N) is 2. The van der Waals surface area contributed by atoms with Gasteiger partial charge >= 0.3 is 0 Å². The van der Waals surface area contributed by atoms with Crippen LogP contribution in [0.25, 0.3) is 0 Å². The molecule has 4 aromatic rings. The minimum atomic E-state index is -4.04. The first-order chi connectivity index (χ1) is 16.7. The van der Waals surface area contributed by atoms with E-state index in [0.29, 0.717) is 27.4 Å². The van der Waals surface area contributed by atoms with Gasteiger partial charge in [-0.2, -0.15) is 0 Å². The molecule has 0 aromatic heterocycles. The number of halogens is 1. The Morgan fingerprint density at radius 2 is 1.34 bits per heavy atom. The number of ketones is 1. The van der Waals surface area contributed by atoms with Gasteiger partial charge in [-0.3, -0.25) is 14.3 Å². The van der Waals surface area contributed by atoms with Gasteiger partial charge in [0.1, 0.15) is 0 Å². The fraction of sp³-hybridized carbons (Fsp3) is 0.0370. The number of hydrogen-bond acceptors (Lipinski definition) is 4. The fourth-order valence-electron chi connectivity index (χ4n) is 3.47. The van der Waals surface area contributed by atoms with Crippen molar-refractivity contribution >= 4 is 44.7 Å². The first kappa shape index (κ1) is 24.2. The number of amides is 1. The summed E-state index contributed by atoms with van der Waals surface area (Å²) in [6, 6.07) is 26.0. The van der Waals surface area contributed by atoms with E-state index in [1.807, 2.05) is 6.07 Å². The van der Waals surface area contributed by atoms with E-state index in [0.717, 1.165) is 0 Å². The average molecular weight is 505 g/mol. The summed E-state index contributed by atoms with van der Waals surface area (Å²) in [6.45, 7) is 1.70. The van der Waals surface area contributed by atoms with Gasteiger partial charge in [-0.15, -0.1) is 0 Å². The van der Waals surface area contributed by atoms with Gasteiger partial charge in [0.2, 0.25) is 0 Å². The van der Waals surface area contributed by atoms with Gasteiger partial charge in [0.25, 0.3) is 15.9 Å². The Balaban J connectivity index is 1.60. The van der Waals surface area contributed by atoms with E-state index < -0.39 is 10.0 Å².